The van der Waals surface area contributed by atoms with Gasteiger partial charge in [-0.1, -0.05) is 6.92 Å². The van der Waals surface area contributed by atoms with Gasteiger partial charge in [0.1, 0.15) is 0 Å². The van der Waals surface area contributed by atoms with Crippen LogP contribution in [-0.4, -0.2) is 67.2 Å². The van der Waals surface area contributed by atoms with Crippen LogP contribution in [0, 0.1) is 11.8 Å². The van der Waals surface area contributed by atoms with Crippen LogP contribution in [0.4, 0.5) is 0 Å². The second kappa shape index (κ2) is 5.38. The number of rotatable bonds is 4. The van der Waals surface area contributed by atoms with E-state index in [0.717, 1.165) is 25.9 Å². The summed E-state index contributed by atoms with van der Waals surface area (Å²) in [6, 6.07) is 0.412. The molecule has 0 spiro atoms. The number of nitrogens with zero attached hydrogens (tertiary/aromatic N) is 2. The van der Waals surface area contributed by atoms with Crippen molar-refractivity contribution in [2.45, 2.75) is 25.8 Å². The van der Waals surface area contributed by atoms with Crippen LogP contribution in [0.15, 0.2) is 0 Å². The Bertz CT molecular complexity index is 437. The molecule has 2 heterocycles. The molecule has 0 aromatic rings. The summed E-state index contributed by atoms with van der Waals surface area (Å²) in [7, 11) is -3.06. The van der Waals surface area contributed by atoms with Crippen molar-refractivity contribution in [3.8, 4) is 0 Å². The van der Waals surface area contributed by atoms with E-state index in [9.17, 15) is 13.2 Å². The van der Waals surface area contributed by atoms with Gasteiger partial charge in [0.2, 0.25) is 10.0 Å². The molecule has 2 fully saturated rings. The molecule has 0 radical (unpaired) electrons. The van der Waals surface area contributed by atoms with E-state index >= 15 is 0 Å². The lowest BCUT2D eigenvalue weighted by Gasteiger charge is -2.48. The molecular formula is C12H22N2O4S. The predicted octanol–water partition coefficient (Wildman–Crippen LogP) is 0.0629. The van der Waals surface area contributed by atoms with Gasteiger partial charge >= 0.3 is 5.97 Å². The monoisotopic (exact) mass is 290 g/mol. The minimum atomic E-state index is -3.06. The number of aliphatic carboxylic acids is 1. The van der Waals surface area contributed by atoms with Gasteiger partial charge in [0.15, 0.2) is 0 Å². The number of sulfonamides is 1. The van der Waals surface area contributed by atoms with Crippen LogP contribution in [0.2, 0.25) is 0 Å². The Balaban J connectivity index is 1.78. The van der Waals surface area contributed by atoms with E-state index in [1.807, 2.05) is 0 Å². The second-order valence-electron chi connectivity index (χ2n) is 5.73. The highest BCUT2D eigenvalue weighted by molar-refractivity contribution is 7.88. The molecule has 0 aliphatic carbocycles. The molecule has 2 aliphatic rings. The van der Waals surface area contributed by atoms with E-state index in [0.29, 0.717) is 19.1 Å². The Morgan fingerprint density at radius 3 is 2.21 bits per heavy atom. The Hall–Kier alpha value is -0.660. The first-order valence-electron chi connectivity index (χ1n) is 6.71. The highest BCUT2D eigenvalue weighted by Gasteiger charge is 2.39. The average molecular weight is 290 g/mol. The summed E-state index contributed by atoms with van der Waals surface area (Å²) in [6.45, 7) is 4.59. The first-order valence-corrected chi connectivity index (χ1v) is 8.56. The minimum absolute atomic E-state index is 0.241. The SMILES string of the molecule is CC(C(=O)O)C1CN(C2CCN(S(C)(=O)=O)CC2)C1. The van der Waals surface area contributed by atoms with E-state index in [-0.39, 0.29) is 11.8 Å². The molecule has 7 heteroatoms. The van der Waals surface area contributed by atoms with Crippen molar-refractivity contribution in [3.63, 3.8) is 0 Å². The molecule has 0 amide bonds. The number of piperidine rings is 1. The van der Waals surface area contributed by atoms with Crippen LogP contribution < -0.4 is 0 Å². The van der Waals surface area contributed by atoms with Crippen LogP contribution in [0.25, 0.3) is 0 Å². The molecule has 0 bridgehead atoms. The first kappa shape index (κ1) is 14.7. The van der Waals surface area contributed by atoms with Crippen molar-refractivity contribution in [1.29, 1.82) is 0 Å². The van der Waals surface area contributed by atoms with Gasteiger partial charge in [0.25, 0.3) is 0 Å². The third-order valence-electron chi connectivity index (χ3n) is 4.44. The molecule has 19 heavy (non-hydrogen) atoms. The molecule has 2 rings (SSSR count). The van der Waals surface area contributed by atoms with E-state index in [2.05, 4.69) is 4.90 Å². The summed E-state index contributed by atoms with van der Waals surface area (Å²) >= 11 is 0. The van der Waals surface area contributed by atoms with Crippen LogP contribution in [0.3, 0.4) is 0 Å². The number of carbonyl (C=O) groups is 1. The molecule has 1 N–H and O–H groups in total. The summed E-state index contributed by atoms with van der Waals surface area (Å²) in [4.78, 5) is 13.2. The fourth-order valence-corrected chi connectivity index (χ4v) is 3.78. The van der Waals surface area contributed by atoms with Crippen LogP contribution in [0.1, 0.15) is 19.8 Å². The van der Waals surface area contributed by atoms with Crippen LogP contribution in [-0.2, 0) is 14.8 Å². The summed E-state index contributed by atoms with van der Waals surface area (Å²) in [5.41, 5.74) is 0. The summed E-state index contributed by atoms with van der Waals surface area (Å²) in [5, 5.41) is 8.95. The molecule has 0 aromatic heterocycles. The van der Waals surface area contributed by atoms with E-state index in [1.54, 1.807) is 6.92 Å². The van der Waals surface area contributed by atoms with Gasteiger partial charge in [-0.05, 0) is 18.8 Å². The highest BCUT2D eigenvalue weighted by Crippen LogP contribution is 2.29. The van der Waals surface area contributed by atoms with Crippen molar-refractivity contribution in [3.05, 3.63) is 0 Å². The van der Waals surface area contributed by atoms with Crippen molar-refractivity contribution in [2.75, 3.05) is 32.4 Å². The number of hydrogen-bond acceptors (Lipinski definition) is 4. The Morgan fingerprint density at radius 2 is 1.79 bits per heavy atom. The largest absolute Gasteiger partial charge is 0.481 e. The Labute approximate surface area is 114 Å². The fourth-order valence-electron chi connectivity index (χ4n) is 2.90. The lowest BCUT2D eigenvalue weighted by molar-refractivity contribution is -0.146. The lowest BCUT2D eigenvalue weighted by atomic mass is 9.85. The number of likely N-dealkylation sites (tertiary alicyclic amines) is 1. The van der Waals surface area contributed by atoms with Gasteiger partial charge in [-0.15, -0.1) is 0 Å². The van der Waals surface area contributed by atoms with Gasteiger partial charge < -0.3 is 5.11 Å². The van der Waals surface area contributed by atoms with Crippen LogP contribution in [0.5, 0.6) is 0 Å². The quantitative estimate of drug-likeness (QED) is 0.792. The van der Waals surface area contributed by atoms with Crippen molar-refractivity contribution < 1.29 is 18.3 Å². The maximum absolute atomic E-state index is 11.4. The molecule has 110 valence electrons. The van der Waals surface area contributed by atoms with Gasteiger partial charge in [0, 0.05) is 32.2 Å². The third-order valence-corrected chi connectivity index (χ3v) is 5.75. The zero-order valence-electron chi connectivity index (χ0n) is 11.4. The molecule has 6 nitrogen and oxygen atoms in total. The van der Waals surface area contributed by atoms with Gasteiger partial charge in [-0.2, -0.15) is 0 Å². The fraction of sp³-hybridized carbons (Fsp3) is 0.917. The maximum Gasteiger partial charge on any atom is 0.306 e. The lowest BCUT2D eigenvalue weighted by Crippen LogP contribution is -2.57. The second-order valence-corrected chi connectivity index (χ2v) is 7.72. The maximum atomic E-state index is 11.4. The topological polar surface area (TPSA) is 77.9 Å². The molecular weight excluding hydrogens is 268 g/mol. The summed E-state index contributed by atoms with van der Waals surface area (Å²) < 4.78 is 24.3. The summed E-state index contributed by atoms with van der Waals surface area (Å²) in [5.74, 6) is -0.769. The van der Waals surface area contributed by atoms with E-state index in [4.69, 9.17) is 5.11 Å². The van der Waals surface area contributed by atoms with Crippen molar-refractivity contribution >= 4 is 16.0 Å². The van der Waals surface area contributed by atoms with Crippen LogP contribution >= 0.6 is 0 Å². The summed E-state index contributed by atoms with van der Waals surface area (Å²) in [6.07, 6.45) is 2.95. The number of carboxylic acids is 1. The Morgan fingerprint density at radius 1 is 1.26 bits per heavy atom. The molecule has 0 saturated carbocycles. The molecule has 1 unspecified atom stereocenters. The molecule has 0 aromatic carbocycles. The smallest absolute Gasteiger partial charge is 0.306 e. The first-order chi connectivity index (χ1) is 8.79. The normalized spacial score (nSPS) is 26.0. The number of carboxylic acid groups (broad SMARTS) is 1. The standard InChI is InChI=1S/C12H22N2O4S/c1-9(12(15)16)10-7-13(8-10)11-3-5-14(6-4-11)19(2,17)18/h9-11H,3-8H2,1-2H3,(H,15,16). The Kier molecular flexibility index (Phi) is 4.17. The van der Waals surface area contributed by atoms with Gasteiger partial charge in [-0.25, -0.2) is 12.7 Å². The predicted molar refractivity (Wildman–Crippen MR) is 71.3 cm³/mol. The molecule has 2 saturated heterocycles. The minimum Gasteiger partial charge on any atom is -0.481 e. The molecule has 2 aliphatic heterocycles. The zero-order valence-corrected chi connectivity index (χ0v) is 12.3. The van der Waals surface area contributed by atoms with E-state index in [1.165, 1.54) is 10.6 Å². The number of hydrogen-bond donors (Lipinski definition) is 1. The third kappa shape index (κ3) is 3.27. The van der Waals surface area contributed by atoms with Gasteiger partial charge in [0.05, 0.1) is 12.2 Å². The highest BCUT2D eigenvalue weighted by atomic mass is 32.2. The average Bonchev–Trinajstić information content (AvgIpc) is 2.26. The van der Waals surface area contributed by atoms with Gasteiger partial charge in [-0.3, -0.25) is 9.69 Å². The van der Waals surface area contributed by atoms with Crippen molar-refractivity contribution in [2.24, 2.45) is 11.8 Å². The zero-order chi connectivity index (χ0) is 14.2. The van der Waals surface area contributed by atoms with E-state index < -0.39 is 16.0 Å². The van der Waals surface area contributed by atoms with Crippen molar-refractivity contribution in [1.82, 2.24) is 9.21 Å². The molecule has 1 atom stereocenters.